The van der Waals surface area contributed by atoms with E-state index < -0.39 is 21.8 Å². The van der Waals surface area contributed by atoms with Gasteiger partial charge in [0.05, 0.1) is 12.0 Å². The lowest BCUT2D eigenvalue weighted by Crippen LogP contribution is -2.26. The third kappa shape index (κ3) is 3.85. The molecule has 0 bridgehead atoms. The third-order valence-corrected chi connectivity index (χ3v) is 5.79. The van der Waals surface area contributed by atoms with Gasteiger partial charge in [0.2, 0.25) is 15.8 Å². The number of benzene rings is 2. The molecular weight excluding hydrogens is 389 g/mol. The molecule has 9 heteroatoms. The van der Waals surface area contributed by atoms with Crippen LogP contribution in [0.5, 0.6) is 5.75 Å². The summed E-state index contributed by atoms with van der Waals surface area (Å²) in [6.07, 6.45) is 0.339. The Morgan fingerprint density at radius 2 is 2.00 bits per heavy atom. The number of ether oxygens (including phenoxy) is 1. The predicted molar refractivity (Wildman–Crippen MR) is 99.8 cm³/mol. The van der Waals surface area contributed by atoms with Crippen LogP contribution in [0.15, 0.2) is 45.7 Å². The van der Waals surface area contributed by atoms with E-state index in [1.54, 1.807) is 13.0 Å². The molecule has 0 spiro atoms. The number of aromatic carboxylic acids is 1. The molecule has 0 aliphatic rings. The van der Waals surface area contributed by atoms with Gasteiger partial charge < -0.3 is 14.3 Å². The number of methoxy groups -OCH3 is 1. The van der Waals surface area contributed by atoms with E-state index in [2.05, 4.69) is 4.72 Å². The average molecular weight is 407 g/mol. The number of carboxylic acid groups (broad SMARTS) is 1. The molecule has 1 aromatic heterocycles. The summed E-state index contributed by atoms with van der Waals surface area (Å²) in [5.74, 6) is -1.83. The van der Waals surface area contributed by atoms with Crippen LogP contribution >= 0.6 is 0 Å². The van der Waals surface area contributed by atoms with Gasteiger partial charge in [0.15, 0.2) is 11.6 Å². The van der Waals surface area contributed by atoms with Crippen molar-refractivity contribution in [2.24, 2.45) is 0 Å². The summed E-state index contributed by atoms with van der Waals surface area (Å²) in [4.78, 5) is 11.2. The van der Waals surface area contributed by atoms with Crippen molar-refractivity contribution in [3.05, 3.63) is 59.1 Å². The molecular formula is C19H18FNO6S. The lowest BCUT2D eigenvalue weighted by atomic mass is 10.1. The lowest BCUT2D eigenvalue weighted by molar-refractivity contribution is 0.0664. The Morgan fingerprint density at radius 3 is 2.68 bits per heavy atom. The summed E-state index contributed by atoms with van der Waals surface area (Å²) in [6, 6.07) is 8.48. The molecule has 0 saturated carbocycles. The van der Waals surface area contributed by atoms with E-state index in [9.17, 15) is 17.6 Å². The van der Waals surface area contributed by atoms with Crippen molar-refractivity contribution in [3.63, 3.8) is 0 Å². The molecule has 2 aromatic carbocycles. The van der Waals surface area contributed by atoms with Crippen LogP contribution in [-0.4, -0.2) is 33.1 Å². The van der Waals surface area contributed by atoms with E-state index >= 15 is 0 Å². The van der Waals surface area contributed by atoms with Crippen LogP contribution in [0.25, 0.3) is 11.0 Å². The van der Waals surface area contributed by atoms with Gasteiger partial charge in [0.1, 0.15) is 5.58 Å². The molecule has 0 aliphatic heterocycles. The first-order valence-corrected chi connectivity index (χ1v) is 9.80. The number of sulfonamides is 1. The molecule has 3 rings (SSSR count). The van der Waals surface area contributed by atoms with Crippen LogP contribution in [0.3, 0.4) is 0 Å². The van der Waals surface area contributed by atoms with Gasteiger partial charge in [-0.05, 0) is 49.2 Å². The Hall–Kier alpha value is -2.91. The first-order valence-electron chi connectivity index (χ1n) is 8.31. The number of fused-ring (bicyclic) bond motifs is 1. The highest BCUT2D eigenvalue weighted by Gasteiger charge is 2.20. The number of furan rings is 1. The van der Waals surface area contributed by atoms with Crippen molar-refractivity contribution in [1.82, 2.24) is 4.72 Å². The van der Waals surface area contributed by atoms with E-state index in [1.807, 2.05) is 0 Å². The molecule has 2 N–H and O–H groups in total. The van der Waals surface area contributed by atoms with Crippen molar-refractivity contribution < 1.29 is 31.9 Å². The first-order chi connectivity index (χ1) is 13.2. The fraction of sp³-hybridized carbons (Fsp3) is 0.211. The number of aryl methyl sites for hydroxylation is 1. The van der Waals surface area contributed by atoms with Crippen molar-refractivity contribution >= 4 is 27.0 Å². The highest BCUT2D eigenvalue weighted by molar-refractivity contribution is 7.89. The highest BCUT2D eigenvalue weighted by atomic mass is 32.2. The van der Waals surface area contributed by atoms with E-state index in [-0.39, 0.29) is 22.9 Å². The van der Waals surface area contributed by atoms with Gasteiger partial charge in [-0.2, -0.15) is 0 Å². The summed E-state index contributed by atoms with van der Waals surface area (Å²) in [5, 5.41) is 9.54. The molecule has 0 saturated heterocycles. The van der Waals surface area contributed by atoms with Gasteiger partial charge in [0, 0.05) is 17.5 Å². The second-order valence-corrected chi connectivity index (χ2v) is 7.90. The van der Waals surface area contributed by atoms with Crippen molar-refractivity contribution in [2.75, 3.05) is 13.7 Å². The topological polar surface area (TPSA) is 106 Å². The van der Waals surface area contributed by atoms with Crippen LogP contribution in [0.2, 0.25) is 0 Å². The molecule has 0 aliphatic carbocycles. The minimum atomic E-state index is -3.82. The van der Waals surface area contributed by atoms with E-state index in [1.165, 1.54) is 37.4 Å². The lowest BCUT2D eigenvalue weighted by Gasteiger charge is -2.08. The summed E-state index contributed by atoms with van der Waals surface area (Å²) in [6.45, 7) is 1.65. The number of halogens is 1. The third-order valence-electron chi connectivity index (χ3n) is 4.33. The van der Waals surface area contributed by atoms with Crippen LogP contribution in [0.1, 0.15) is 21.7 Å². The standard InChI is InChI=1S/C19H18FNO6S/c1-11-14-10-13(4-6-16(14)27-18(11)19(22)23)28(24,25)21-8-7-12-3-5-15(20)17(9-12)26-2/h3-6,9-10,21H,7-8H2,1-2H3,(H,22,23). The van der Waals surface area contributed by atoms with Gasteiger partial charge in [-0.15, -0.1) is 0 Å². The van der Waals surface area contributed by atoms with Crippen molar-refractivity contribution in [2.45, 2.75) is 18.2 Å². The van der Waals surface area contributed by atoms with Gasteiger partial charge in [-0.3, -0.25) is 0 Å². The Morgan fingerprint density at radius 1 is 1.25 bits per heavy atom. The number of rotatable bonds is 7. The molecule has 28 heavy (non-hydrogen) atoms. The zero-order valence-corrected chi connectivity index (χ0v) is 16.0. The smallest absolute Gasteiger partial charge is 0.372 e. The van der Waals surface area contributed by atoms with Gasteiger partial charge in [-0.1, -0.05) is 6.07 Å². The van der Waals surface area contributed by atoms with Crippen molar-refractivity contribution in [3.8, 4) is 5.75 Å². The molecule has 0 unspecified atom stereocenters. The van der Waals surface area contributed by atoms with Gasteiger partial charge in [-0.25, -0.2) is 22.3 Å². The normalized spacial score (nSPS) is 11.7. The van der Waals surface area contributed by atoms with E-state index in [0.29, 0.717) is 28.5 Å². The fourth-order valence-electron chi connectivity index (χ4n) is 2.84. The van der Waals surface area contributed by atoms with Crippen molar-refractivity contribution in [1.29, 1.82) is 0 Å². The Labute approximate surface area is 160 Å². The number of carboxylic acids is 1. The molecule has 0 atom stereocenters. The minimum Gasteiger partial charge on any atom is -0.494 e. The van der Waals surface area contributed by atoms with Gasteiger partial charge in [0.25, 0.3) is 0 Å². The predicted octanol–water partition coefficient (Wildman–Crippen LogP) is 3.11. The maximum Gasteiger partial charge on any atom is 0.372 e. The second-order valence-electron chi connectivity index (χ2n) is 6.14. The summed E-state index contributed by atoms with van der Waals surface area (Å²) >= 11 is 0. The minimum absolute atomic E-state index is 0.00229. The summed E-state index contributed by atoms with van der Waals surface area (Å²) in [5.41, 5.74) is 1.37. The van der Waals surface area contributed by atoms with Gasteiger partial charge >= 0.3 is 5.97 Å². The van der Waals surface area contributed by atoms with E-state index in [0.717, 1.165) is 0 Å². The second kappa shape index (κ2) is 7.61. The molecule has 1 heterocycles. The molecule has 7 nitrogen and oxygen atoms in total. The Kier molecular flexibility index (Phi) is 5.39. The SMILES string of the molecule is COc1cc(CCNS(=O)(=O)c2ccc3oc(C(=O)O)c(C)c3c2)ccc1F. The van der Waals surface area contributed by atoms with Crippen LogP contribution < -0.4 is 9.46 Å². The molecule has 148 valence electrons. The number of hydrogen-bond acceptors (Lipinski definition) is 5. The molecule has 3 aromatic rings. The Bertz CT molecular complexity index is 1150. The fourth-order valence-corrected chi connectivity index (χ4v) is 3.90. The maximum atomic E-state index is 13.4. The maximum absolute atomic E-state index is 13.4. The first kappa shape index (κ1) is 19.8. The summed E-state index contributed by atoms with van der Waals surface area (Å²) in [7, 11) is -2.46. The highest BCUT2D eigenvalue weighted by Crippen LogP contribution is 2.27. The monoisotopic (exact) mass is 407 g/mol. The summed E-state index contributed by atoms with van der Waals surface area (Å²) < 4.78 is 51.2. The Balaban J connectivity index is 1.77. The number of carbonyl (C=O) groups is 1. The molecule has 0 radical (unpaired) electrons. The largest absolute Gasteiger partial charge is 0.494 e. The number of hydrogen-bond donors (Lipinski definition) is 2. The number of nitrogens with one attached hydrogen (secondary N) is 1. The van der Waals surface area contributed by atoms with Crippen LogP contribution in [0.4, 0.5) is 4.39 Å². The quantitative estimate of drug-likeness (QED) is 0.623. The van der Waals surface area contributed by atoms with Crippen LogP contribution in [0, 0.1) is 12.7 Å². The van der Waals surface area contributed by atoms with Crippen LogP contribution in [-0.2, 0) is 16.4 Å². The molecule has 0 amide bonds. The zero-order valence-electron chi connectivity index (χ0n) is 15.2. The molecule has 0 fully saturated rings. The zero-order chi connectivity index (χ0) is 20.5. The van der Waals surface area contributed by atoms with E-state index in [4.69, 9.17) is 14.3 Å². The average Bonchev–Trinajstić information content (AvgIpc) is 2.99.